The van der Waals surface area contributed by atoms with Gasteiger partial charge in [0.1, 0.15) is 6.29 Å². The van der Waals surface area contributed by atoms with E-state index in [2.05, 4.69) is 9.47 Å². The van der Waals surface area contributed by atoms with E-state index in [1.54, 1.807) is 0 Å². The van der Waals surface area contributed by atoms with Gasteiger partial charge in [0.2, 0.25) is 6.36 Å². The summed E-state index contributed by atoms with van der Waals surface area (Å²) in [6.45, 7) is -1.96. The fraction of sp³-hybridized carbons (Fsp3) is 0.300. The van der Waals surface area contributed by atoms with Crippen molar-refractivity contribution < 1.29 is 27.4 Å². The second kappa shape index (κ2) is 5.39. The molecule has 1 aromatic rings. The first-order valence-electron chi connectivity index (χ1n) is 4.37. The van der Waals surface area contributed by atoms with Crippen LogP contribution in [-0.2, 0) is 0 Å². The number of rotatable bonds is 5. The van der Waals surface area contributed by atoms with Crippen molar-refractivity contribution in [3.05, 3.63) is 23.8 Å². The molecule has 0 saturated carbocycles. The third-order valence-corrected chi connectivity index (χ3v) is 1.61. The molecule has 1 aromatic carbocycles. The number of halogens is 3. The number of hydrogen-bond acceptors (Lipinski definition) is 3. The molecule has 1 atom stereocenters. The minimum absolute atomic E-state index is 0.178. The van der Waals surface area contributed by atoms with Crippen LogP contribution in [0.4, 0.5) is 13.2 Å². The maximum Gasteiger partial charge on any atom is 0.387 e. The number of hydrogen-bond donors (Lipinski definition) is 0. The van der Waals surface area contributed by atoms with Crippen molar-refractivity contribution in [1.29, 1.82) is 0 Å². The van der Waals surface area contributed by atoms with Gasteiger partial charge in [-0.2, -0.15) is 8.78 Å². The summed E-state index contributed by atoms with van der Waals surface area (Å²) in [4.78, 5) is 10.4. The molecule has 0 aliphatic carbocycles. The maximum atomic E-state index is 12.6. The summed E-state index contributed by atoms with van der Waals surface area (Å²) < 4.78 is 45.3. The number of ether oxygens (including phenoxy) is 2. The quantitative estimate of drug-likeness (QED) is 0.735. The number of alkyl halides is 3. The Morgan fingerprint density at radius 1 is 1.19 bits per heavy atom. The first kappa shape index (κ1) is 12.4. The van der Waals surface area contributed by atoms with E-state index in [0.717, 1.165) is 19.1 Å². The lowest BCUT2D eigenvalue weighted by atomic mass is 10.2. The number of carbonyl (C=O) groups excluding carboxylic acids is 1. The monoisotopic (exact) mass is 234 g/mol. The molecular formula is C10H9F3O3. The molecule has 0 aromatic heterocycles. The Balaban J connectivity index is 3.00. The van der Waals surface area contributed by atoms with Crippen molar-refractivity contribution in [1.82, 2.24) is 0 Å². The van der Waals surface area contributed by atoms with Crippen LogP contribution in [0.3, 0.4) is 0 Å². The van der Waals surface area contributed by atoms with Gasteiger partial charge in [-0.1, -0.05) is 0 Å². The molecule has 0 amide bonds. The third-order valence-electron chi connectivity index (χ3n) is 1.61. The summed E-state index contributed by atoms with van der Waals surface area (Å²) in [7, 11) is 0. The standard InChI is InChI=1S/C10H9F3O3/c1-6(11)15-9-4-7(5-14)2-3-8(9)16-10(12)13/h2-6,10H,1H3. The van der Waals surface area contributed by atoms with E-state index in [9.17, 15) is 18.0 Å². The molecule has 1 unspecified atom stereocenters. The fourth-order valence-electron chi connectivity index (χ4n) is 1.06. The second-order valence-electron chi connectivity index (χ2n) is 2.86. The van der Waals surface area contributed by atoms with Crippen LogP contribution < -0.4 is 9.47 Å². The first-order chi connectivity index (χ1) is 7.52. The third kappa shape index (κ3) is 3.45. The molecule has 0 aliphatic heterocycles. The summed E-state index contributed by atoms with van der Waals surface area (Å²) in [5.74, 6) is -0.551. The minimum Gasteiger partial charge on any atom is -0.457 e. The van der Waals surface area contributed by atoms with E-state index in [4.69, 9.17) is 0 Å². The molecule has 0 aliphatic rings. The van der Waals surface area contributed by atoms with Crippen LogP contribution >= 0.6 is 0 Å². The lowest BCUT2D eigenvalue weighted by molar-refractivity contribution is -0.0533. The zero-order valence-corrected chi connectivity index (χ0v) is 8.32. The Bertz CT molecular complexity index is 366. The van der Waals surface area contributed by atoms with Crippen LogP contribution in [0.2, 0.25) is 0 Å². The van der Waals surface area contributed by atoms with E-state index >= 15 is 0 Å². The summed E-state index contributed by atoms with van der Waals surface area (Å²) in [5.41, 5.74) is 0.178. The lowest BCUT2D eigenvalue weighted by Crippen LogP contribution is -2.08. The van der Waals surface area contributed by atoms with E-state index in [1.807, 2.05) is 0 Å². The molecule has 0 saturated heterocycles. The number of aldehydes is 1. The molecule has 1 rings (SSSR count). The highest BCUT2D eigenvalue weighted by molar-refractivity contribution is 5.76. The molecule has 16 heavy (non-hydrogen) atoms. The van der Waals surface area contributed by atoms with Gasteiger partial charge in [-0.25, -0.2) is 4.39 Å². The Morgan fingerprint density at radius 3 is 2.38 bits per heavy atom. The smallest absolute Gasteiger partial charge is 0.387 e. The summed E-state index contributed by atoms with van der Waals surface area (Å²) >= 11 is 0. The van der Waals surface area contributed by atoms with Gasteiger partial charge in [0, 0.05) is 12.5 Å². The van der Waals surface area contributed by atoms with Crippen LogP contribution in [0.15, 0.2) is 18.2 Å². The highest BCUT2D eigenvalue weighted by Crippen LogP contribution is 2.30. The van der Waals surface area contributed by atoms with E-state index in [0.29, 0.717) is 6.29 Å². The fourth-order valence-corrected chi connectivity index (χ4v) is 1.06. The van der Waals surface area contributed by atoms with Crippen LogP contribution in [0.1, 0.15) is 17.3 Å². The molecule has 0 fully saturated rings. The maximum absolute atomic E-state index is 12.6. The van der Waals surface area contributed by atoms with Gasteiger partial charge in [0.05, 0.1) is 0 Å². The van der Waals surface area contributed by atoms with Gasteiger partial charge in [0.15, 0.2) is 11.5 Å². The van der Waals surface area contributed by atoms with E-state index in [-0.39, 0.29) is 17.1 Å². The molecule has 0 spiro atoms. The van der Waals surface area contributed by atoms with Crippen LogP contribution in [0.5, 0.6) is 11.5 Å². The summed E-state index contributed by atoms with van der Waals surface area (Å²) in [6.07, 6.45) is -1.20. The predicted octanol–water partition coefficient (Wildman–Crippen LogP) is 2.79. The largest absolute Gasteiger partial charge is 0.457 e. The molecule has 6 heteroatoms. The van der Waals surface area contributed by atoms with Gasteiger partial charge < -0.3 is 9.47 Å². The Morgan fingerprint density at radius 2 is 1.88 bits per heavy atom. The highest BCUT2D eigenvalue weighted by Gasteiger charge is 2.13. The molecule has 88 valence electrons. The van der Waals surface area contributed by atoms with Crippen molar-refractivity contribution in [3.8, 4) is 11.5 Å². The average molecular weight is 234 g/mol. The van der Waals surface area contributed by atoms with Crippen molar-refractivity contribution >= 4 is 6.29 Å². The second-order valence-corrected chi connectivity index (χ2v) is 2.86. The highest BCUT2D eigenvalue weighted by atomic mass is 19.3. The zero-order chi connectivity index (χ0) is 12.1. The predicted molar refractivity (Wildman–Crippen MR) is 49.7 cm³/mol. The number of benzene rings is 1. The van der Waals surface area contributed by atoms with E-state index in [1.165, 1.54) is 6.07 Å². The topological polar surface area (TPSA) is 35.5 Å². The average Bonchev–Trinajstić information content (AvgIpc) is 2.19. The molecule has 0 N–H and O–H groups in total. The molecular weight excluding hydrogens is 225 g/mol. The lowest BCUT2D eigenvalue weighted by Gasteiger charge is -2.12. The molecule has 0 bridgehead atoms. The molecule has 3 nitrogen and oxygen atoms in total. The van der Waals surface area contributed by atoms with Gasteiger partial charge in [-0.3, -0.25) is 4.79 Å². The molecule has 0 heterocycles. The Kier molecular flexibility index (Phi) is 4.16. The van der Waals surface area contributed by atoms with Crippen LogP contribution in [0, 0.1) is 0 Å². The van der Waals surface area contributed by atoms with Crippen LogP contribution in [-0.4, -0.2) is 19.3 Å². The first-order valence-corrected chi connectivity index (χ1v) is 4.37. The van der Waals surface area contributed by atoms with Crippen molar-refractivity contribution in [2.75, 3.05) is 0 Å². The van der Waals surface area contributed by atoms with Crippen molar-refractivity contribution in [2.45, 2.75) is 19.9 Å². The number of carbonyl (C=O) groups is 1. The van der Waals surface area contributed by atoms with E-state index < -0.39 is 13.0 Å². The van der Waals surface area contributed by atoms with Gasteiger partial charge >= 0.3 is 6.61 Å². The Hall–Kier alpha value is -1.72. The summed E-state index contributed by atoms with van der Waals surface area (Å²) in [6, 6.07) is 3.51. The normalized spacial score (nSPS) is 12.3. The molecule has 0 radical (unpaired) electrons. The van der Waals surface area contributed by atoms with Gasteiger partial charge in [-0.05, 0) is 18.2 Å². The Labute approximate surface area is 89.8 Å². The van der Waals surface area contributed by atoms with Crippen LogP contribution in [0.25, 0.3) is 0 Å². The van der Waals surface area contributed by atoms with Gasteiger partial charge in [0.25, 0.3) is 0 Å². The van der Waals surface area contributed by atoms with Crippen molar-refractivity contribution in [3.63, 3.8) is 0 Å². The van der Waals surface area contributed by atoms with Crippen molar-refractivity contribution in [2.24, 2.45) is 0 Å². The van der Waals surface area contributed by atoms with Gasteiger partial charge in [-0.15, -0.1) is 0 Å². The summed E-state index contributed by atoms with van der Waals surface area (Å²) in [5, 5.41) is 0. The zero-order valence-electron chi connectivity index (χ0n) is 8.32. The SMILES string of the molecule is CC(F)Oc1cc(C=O)ccc1OC(F)F. The minimum atomic E-state index is -3.04.